The van der Waals surface area contributed by atoms with Gasteiger partial charge in [0.2, 0.25) is 0 Å². The van der Waals surface area contributed by atoms with Gasteiger partial charge in [0.05, 0.1) is 12.2 Å². The minimum absolute atomic E-state index is 0.0443. The molecular weight excluding hydrogens is 312 g/mol. The number of amides is 2. The lowest BCUT2D eigenvalue weighted by atomic mass is 10.0. The highest BCUT2D eigenvalue weighted by Gasteiger charge is 2.27. The summed E-state index contributed by atoms with van der Waals surface area (Å²) in [5, 5.41) is 10.8. The van der Waals surface area contributed by atoms with Crippen molar-refractivity contribution < 1.29 is 4.79 Å². The van der Waals surface area contributed by atoms with Gasteiger partial charge in [0.25, 0.3) is 0 Å². The molecule has 2 aromatic rings. The molecular formula is C20H24N4O. The number of carbonyl (C=O) groups excluding carboxylic acids is 1. The van der Waals surface area contributed by atoms with E-state index < -0.39 is 0 Å². The van der Waals surface area contributed by atoms with E-state index in [4.69, 9.17) is 0 Å². The van der Waals surface area contributed by atoms with Crippen molar-refractivity contribution in [2.24, 2.45) is 5.92 Å². The second kappa shape index (κ2) is 6.39. The van der Waals surface area contributed by atoms with Crippen molar-refractivity contribution in [3.63, 3.8) is 0 Å². The molecule has 1 unspecified atom stereocenters. The average molecular weight is 336 g/mol. The number of rotatable bonds is 2. The molecule has 130 valence electrons. The number of urea groups is 1. The first-order valence-corrected chi connectivity index (χ1v) is 9.00. The minimum Gasteiger partial charge on any atom is -0.320 e. The molecule has 1 aromatic carbocycles. The van der Waals surface area contributed by atoms with Crippen molar-refractivity contribution in [2.45, 2.75) is 39.7 Å². The monoisotopic (exact) mass is 336 g/mol. The minimum atomic E-state index is -0.0443. The van der Waals surface area contributed by atoms with Crippen LogP contribution in [0.15, 0.2) is 30.3 Å². The van der Waals surface area contributed by atoms with E-state index in [9.17, 15) is 4.79 Å². The first kappa shape index (κ1) is 15.9. The van der Waals surface area contributed by atoms with E-state index in [1.807, 2.05) is 36.1 Å². The van der Waals surface area contributed by atoms with Gasteiger partial charge in [-0.2, -0.15) is 5.10 Å². The van der Waals surface area contributed by atoms with Crippen LogP contribution in [0.3, 0.4) is 0 Å². The summed E-state index contributed by atoms with van der Waals surface area (Å²) >= 11 is 0. The maximum absolute atomic E-state index is 12.7. The molecule has 0 bridgehead atoms. The summed E-state index contributed by atoms with van der Waals surface area (Å²) in [6.45, 7) is 5.59. The molecule has 2 amide bonds. The molecule has 5 nitrogen and oxygen atoms in total. The number of carbonyl (C=O) groups is 1. The van der Waals surface area contributed by atoms with Gasteiger partial charge in [-0.15, -0.1) is 0 Å². The van der Waals surface area contributed by atoms with Crippen LogP contribution >= 0.6 is 0 Å². The van der Waals surface area contributed by atoms with Crippen LogP contribution in [0.5, 0.6) is 0 Å². The van der Waals surface area contributed by atoms with E-state index in [0.29, 0.717) is 19.0 Å². The van der Waals surface area contributed by atoms with Crippen molar-refractivity contribution in [2.75, 3.05) is 11.9 Å². The molecule has 0 spiro atoms. The molecule has 5 heteroatoms. The van der Waals surface area contributed by atoms with Crippen molar-refractivity contribution in [3.05, 3.63) is 52.9 Å². The number of allylic oxidation sites excluding steroid dienone is 2. The van der Waals surface area contributed by atoms with Crippen LogP contribution in [0, 0.1) is 12.8 Å². The Morgan fingerprint density at radius 1 is 1.36 bits per heavy atom. The van der Waals surface area contributed by atoms with Gasteiger partial charge in [-0.3, -0.25) is 5.10 Å². The molecule has 4 rings (SSSR count). The zero-order chi connectivity index (χ0) is 17.4. The van der Waals surface area contributed by atoms with E-state index in [1.165, 1.54) is 23.3 Å². The number of fused-ring (bicyclic) bond motifs is 1. The summed E-state index contributed by atoms with van der Waals surface area (Å²) < 4.78 is 0. The third kappa shape index (κ3) is 3.18. The number of hydrogen-bond donors (Lipinski definition) is 2. The number of hydrogen-bond acceptors (Lipinski definition) is 2. The first-order chi connectivity index (χ1) is 12.1. The third-order valence-electron chi connectivity index (χ3n) is 5.15. The van der Waals surface area contributed by atoms with E-state index in [0.717, 1.165) is 29.8 Å². The second-order valence-corrected chi connectivity index (χ2v) is 7.21. The van der Waals surface area contributed by atoms with E-state index in [-0.39, 0.29) is 6.03 Å². The van der Waals surface area contributed by atoms with Crippen LogP contribution in [-0.4, -0.2) is 27.7 Å². The topological polar surface area (TPSA) is 61.0 Å². The highest BCUT2D eigenvalue weighted by molar-refractivity contribution is 5.89. The number of benzene rings is 1. The predicted molar refractivity (Wildman–Crippen MR) is 99.3 cm³/mol. The molecule has 0 saturated heterocycles. The Morgan fingerprint density at radius 2 is 2.24 bits per heavy atom. The van der Waals surface area contributed by atoms with E-state index in [2.05, 4.69) is 28.5 Å². The number of H-pyrrole nitrogens is 1. The summed E-state index contributed by atoms with van der Waals surface area (Å²) in [5.41, 5.74) is 6.73. The van der Waals surface area contributed by atoms with E-state index >= 15 is 0 Å². The number of nitrogens with zero attached hydrogens (tertiary/aromatic N) is 2. The summed E-state index contributed by atoms with van der Waals surface area (Å²) in [5.74, 6) is 0.617. The lowest BCUT2D eigenvalue weighted by molar-refractivity contribution is 0.206. The van der Waals surface area contributed by atoms with Crippen LogP contribution in [0.25, 0.3) is 5.57 Å². The van der Waals surface area contributed by atoms with Crippen molar-refractivity contribution in [1.29, 1.82) is 0 Å². The largest absolute Gasteiger partial charge is 0.322 e. The normalized spacial score (nSPS) is 19.5. The van der Waals surface area contributed by atoms with Crippen LogP contribution in [-0.2, 0) is 13.0 Å². The number of aryl methyl sites for hydroxylation is 1. The van der Waals surface area contributed by atoms with Gasteiger partial charge in [0.1, 0.15) is 0 Å². The molecule has 2 aliphatic rings. The molecule has 2 heterocycles. The molecule has 0 saturated carbocycles. The molecule has 1 aliphatic heterocycles. The van der Waals surface area contributed by atoms with Gasteiger partial charge >= 0.3 is 6.03 Å². The number of anilines is 1. The van der Waals surface area contributed by atoms with Crippen LogP contribution in [0.2, 0.25) is 0 Å². The Labute approximate surface area is 148 Å². The third-order valence-corrected chi connectivity index (χ3v) is 5.15. The van der Waals surface area contributed by atoms with Gasteiger partial charge < -0.3 is 10.2 Å². The summed E-state index contributed by atoms with van der Waals surface area (Å²) in [4.78, 5) is 14.5. The fourth-order valence-electron chi connectivity index (χ4n) is 3.75. The molecule has 25 heavy (non-hydrogen) atoms. The fraction of sp³-hybridized carbons (Fsp3) is 0.400. The zero-order valence-electron chi connectivity index (χ0n) is 14.8. The first-order valence-electron chi connectivity index (χ1n) is 9.00. The molecule has 1 aliphatic carbocycles. The van der Waals surface area contributed by atoms with Gasteiger partial charge in [0, 0.05) is 29.9 Å². The summed E-state index contributed by atoms with van der Waals surface area (Å²) in [7, 11) is 0. The van der Waals surface area contributed by atoms with Gasteiger partial charge in [-0.1, -0.05) is 25.1 Å². The smallest absolute Gasteiger partial charge is 0.320 e. The van der Waals surface area contributed by atoms with E-state index in [1.54, 1.807) is 0 Å². The Morgan fingerprint density at radius 3 is 3.00 bits per heavy atom. The van der Waals surface area contributed by atoms with Gasteiger partial charge in [-0.25, -0.2) is 4.79 Å². The predicted octanol–water partition coefficient (Wildman–Crippen LogP) is 4.12. The molecule has 1 aromatic heterocycles. The van der Waals surface area contributed by atoms with Crippen LogP contribution < -0.4 is 5.32 Å². The number of aromatic nitrogens is 2. The van der Waals surface area contributed by atoms with Gasteiger partial charge in [-0.05, 0) is 49.0 Å². The Kier molecular flexibility index (Phi) is 4.07. The van der Waals surface area contributed by atoms with Gasteiger partial charge in [0.15, 0.2) is 0 Å². The second-order valence-electron chi connectivity index (χ2n) is 7.21. The van der Waals surface area contributed by atoms with Crippen LogP contribution in [0.1, 0.15) is 42.3 Å². The quantitative estimate of drug-likeness (QED) is 0.866. The molecule has 0 radical (unpaired) electrons. The highest BCUT2D eigenvalue weighted by atomic mass is 16.2. The molecule has 0 fully saturated rings. The maximum Gasteiger partial charge on any atom is 0.322 e. The number of aromatic amines is 1. The Bertz CT molecular complexity index is 836. The molecule has 2 N–H and O–H groups in total. The average Bonchev–Trinajstić information content (AvgIpc) is 3.20. The molecule has 1 atom stereocenters. The Balaban J connectivity index is 1.51. The Hall–Kier alpha value is -2.56. The van der Waals surface area contributed by atoms with Crippen LogP contribution in [0.4, 0.5) is 10.5 Å². The lowest BCUT2D eigenvalue weighted by Gasteiger charge is -2.27. The summed E-state index contributed by atoms with van der Waals surface area (Å²) in [6, 6.07) is 7.85. The number of nitrogens with one attached hydrogen (secondary N) is 2. The zero-order valence-corrected chi connectivity index (χ0v) is 14.8. The maximum atomic E-state index is 12.7. The van der Waals surface area contributed by atoms with Crippen molar-refractivity contribution in [1.82, 2.24) is 15.1 Å². The SMILES string of the molecule is Cc1cccc(NC(=O)N2CCc3[nH]nc(C4=CC(C)CC4)c3C2)c1. The fourth-order valence-corrected chi connectivity index (χ4v) is 3.75. The van der Waals surface area contributed by atoms with Crippen molar-refractivity contribution >= 4 is 17.3 Å². The lowest BCUT2D eigenvalue weighted by Crippen LogP contribution is -2.39. The standard InChI is InChI=1S/C20H24N4O/c1-13-4-3-5-16(11-13)21-20(25)24-9-8-18-17(12-24)19(23-22-18)15-7-6-14(2)10-15/h3-5,10-11,14H,6-9,12H2,1-2H3,(H,21,25)(H,22,23). The highest BCUT2D eigenvalue weighted by Crippen LogP contribution is 2.34. The summed E-state index contributed by atoms with van der Waals surface area (Å²) in [6.07, 6.45) is 5.41. The van der Waals surface area contributed by atoms with Crippen molar-refractivity contribution in [3.8, 4) is 0 Å².